The van der Waals surface area contributed by atoms with E-state index in [1.807, 2.05) is 27.7 Å². The van der Waals surface area contributed by atoms with Crippen LogP contribution >= 0.6 is 46.4 Å². The first kappa shape index (κ1) is 27.2. The van der Waals surface area contributed by atoms with Crippen LogP contribution in [0.15, 0.2) is 27.9 Å². The lowest BCUT2D eigenvalue weighted by Crippen LogP contribution is -2.15. The molecule has 0 aliphatic carbocycles. The Hall–Kier alpha value is -0.850. The Morgan fingerprint density at radius 2 is 1.80 bits per heavy atom. The molecule has 0 radical (unpaired) electrons. The van der Waals surface area contributed by atoms with Gasteiger partial charge in [0.05, 0.1) is 22.8 Å². The number of oxime groups is 1. The van der Waals surface area contributed by atoms with Gasteiger partial charge in [0.15, 0.2) is 5.75 Å². The number of hydrogen-bond donors (Lipinski definition) is 0. The van der Waals surface area contributed by atoms with Gasteiger partial charge in [-0.25, -0.2) is 0 Å². The number of halogens is 4. The average Bonchev–Trinajstić information content (AvgIpc) is 2.62. The Morgan fingerprint density at radius 1 is 1.13 bits per heavy atom. The van der Waals surface area contributed by atoms with Crippen molar-refractivity contribution in [1.82, 2.24) is 0 Å². The highest BCUT2D eigenvalue weighted by molar-refractivity contribution is 6.55. The monoisotopic (exact) mass is 499 g/mol. The fourth-order valence-corrected chi connectivity index (χ4v) is 2.83. The summed E-state index contributed by atoms with van der Waals surface area (Å²) in [5.74, 6) is 0.931. The van der Waals surface area contributed by atoms with Crippen molar-refractivity contribution in [2.45, 2.75) is 58.7 Å². The van der Waals surface area contributed by atoms with Crippen LogP contribution in [0.4, 0.5) is 0 Å². The highest BCUT2D eigenvalue weighted by Crippen LogP contribution is 2.37. The lowest BCUT2D eigenvalue weighted by Gasteiger charge is -2.17. The molecule has 170 valence electrons. The first-order valence-corrected chi connectivity index (χ1v) is 11.2. The van der Waals surface area contributed by atoms with Crippen LogP contribution in [-0.4, -0.2) is 37.7 Å². The van der Waals surface area contributed by atoms with Crippen LogP contribution in [0.25, 0.3) is 0 Å². The summed E-state index contributed by atoms with van der Waals surface area (Å²) >= 11 is 23.7. The second-order valence-corrected chi connectivity index (χ2v) is 9.31. The lowest BCUT2D eigenvalue weighted by atomic mass is 10.2. The molecule has 1 aromatic rings. The Balaban J connectivity index is 2.31. The Kier molecular flexibility index (Phi) is 12.9. The SMILES string of the molecule is CC(CCCOCCC=NOC(C)(C)C)Oc1c(Cl)cc(OCC=C(Cl)Cl)cc1Cl. The molecule has 0 fully saturated rings. The van der Waals surface area contributed by atoms with Crippen molar-refractivity contribution < 1.29 is 19.0 Å². The Labute approximate surface area is 199 Å². The summed E-state index contributed by atoms with van der Waals surface area (Å²) < 4.78 is 17.1. The molecule has 0 spiro atoms. The van der Waals surface area contributed by atoms with Gasteiger partial charge < -0.3 is 19.0 Å². The molecular formula is C21H29Cl4NO4. The number of benzene rings is 1. The van der Waals surface area contributed by atoms with Gasteiger partial charge in [-0.2, -0.15) is 0 Å². The average molecular weight is 501 g/mol. The molecular weight excluding hydrogens is 472 g/mol. The molecule has 1 atom stereocenters. The number of rotatable bonds is 13. The van der Waals surface area contributed by atoms with Crippen LogP contribution in [0.5, 0.6) is 11.5 Å². The molecule has 1 rings (SSSR count). The van der Waals surface area contributed by atoms with Crippen LogP contribution in [-0.2, 0) is 9.57 Å². The third-order valence-corrected chi connectivity index (χ3v) is 4.34. The molecule has 30 heavy (non-hydrogen) atoms. The van der Waals surface area contributed by atoms with E-state index in [0.717, 1.165) is 12.8 Å². The van der Waals surface area contributed by atoms with Crippen LogP contribution in [0.1, 0.15) is 47.0 Å². The lowest BCUT2D eigenvalue weighted by molar-refractivity contribution is 0.00128. The highest BCUT2D eigenvalue weighted by atomic mass is 35.5. The topological polar surface area (TPSA) is 49.3 Å². The van der Waals surface area contributed by atoms with Gasteiger partial charge in [-0.3, -0.25) is 0 Å². The first-order valence-electron chi connectivity index (χ1n) is 9.66. The van der Waals surface area contributed by atoms with E-state index in [-0.39, 0.29) is 22.8 Å². The van der Waals surface area contributed by atoms with Gasteiger partial charge in [-0.15, -0.1) is 0 Å². The molecule has 9 heteroatoms. The Bertz CT molecular complexity index is 678. The van der Waals surface area contributed by atoms with Gasteiger partial charge in [0, 0.05) is 31.4 Å². The summed E-state index contributed by atoms with van der Waals surface area (Å²) in [6.45, 7) is 9.24. The van der Waals surface area contributed by atoms with Crippen molar-refractivity contribution >= 4 is 52.6 Å². The third kappa shape index (κ3) is 12.8. The zero-order valence-electron chi connectivity index (χ0n) is 17.7. The molecule has 1 aromatic carbocycles. The fraction of sp³-hybridized carbons (Fsp3) is 0.571. The minimum atomic E-state index is -0.275. The molecule has 5 nitrogen and oxygen atoms in total. The minimum Gasteiger partial charge on any atom is -0.489 e. The van der Waals surface area contributed by atoms with Crippen molar-refractivity contribution in [3.05, 3.63) is 32.7 Å². The zero-order chi connectivity index (χ0) is 22.6. The molecule has 0 N–H and O–H groups in total. The summed E-state index contributed by atoms with van der Waals surface area (Å²) in [6, 6.07) is 3.28. The minimum absolute atomic E-state index is 0.0740. The molecule has 0 amide bonds. The molecule has 0 aliphatic heterocycles. The standard InChI is InChI=1S/C21H29Cl4NO4/c1-15(7-5-10-27-11-6-9-26-30-21(2,3)4)29-20-17(22)13-16(14-18(20)23)28-12-8-19(24)25/h8-9,13-15H,5-7,10-12H2,1-4H3. The number of hydrogen-bond acceptors (Lipinski definition) is 5. The number of nitrogens with zero attached hydrogens (tertiary/aromatic N) is 1. The molecule has 0 aromatic heterocycles. The van der Waals surface area contributed by atoms with Gasteiger partial charge in [0.1, 0.15) is 22.4 Å². The van der Waals surface area contributed by atoms with Crippen LogP contribution in [0.3, 0.4) is 0 Å². The molecule has 1 unspecified atom stereocenters. The zero-order valence-corrected chi connectivity index (χ0v) is 20.7. The van der Waals surface area contributed by atoms with Crippen LogP contribution in [0, 0.1) is 0 Å². The summed E-state index contributed by atoms with van der Waals surface area (Å²) in [7, 11) is 0. The molecule has 0 aliphatic rings. The molecule has 0 bridgehead atoms. The van der Waals surface area contributed by atoms with Crippen molar-refractivity contribution in [1.29, 1.82) is 0 Å². The van der Waals surface area contributed by atoms with Crippen molar-refractivity contribution in [3.8, 4) is 11.5 Å². The second-order valence-electron chi connectivity index (χ2n) is 7.48. The van der Waals surface area contributed by atoms with Crippen LogP contribution in [0.2, 0.25) is 10.0 Å². The summed E-state index contributed by atoms with van der Waals surface area (Å²) in [4.78, 5) is 5.26. The van der Waals surface area contributed by atoms with Crippen molar-refractivity contribution in [2.75, 3.05) is 19.8 Å². The van der Waals surface area contributed by atoms with E-state index < -0.39 is 0 Å². The van der Waals surface area contributed by atoms with Gasteiger partial charge in [0.2, 0.25) is 0 Å². The van der Waals surface area contributed by atoms with E-state index in [9.17, 15) is 0 Å². The van der Waals surface area contributed by atoms with Crippen LogP contribution < -0.4 is 9.47 Å². The van der Waals surface area contributed by atoms with E-state index in [0.29, 0.717) is 41.2 Å². The van der Waals surface area contributed by atoms with Gasteiger partial charge in [0.25, 0.3) is 0 Å². The first-order chi connectivity index (χ1) is 14.1. The second kappa shape index (κ2) is 14.3. The number of ether oxygens (including phenoxy) is 3. The van der Waals surface area contributed by atoms with Gasteiger partial charge in [-0.1, -0.05) is 51.6 Å². The van der Waals surface area contributed by atoms with E-state index in [1.54, 1.807) is 18.3 Å². The molecule has 0 heterocycles. The maximum Gasteiger partial charge on any atom is 0.157 e. The summed E-state index contributed by atoms with van der Waals surface area (Å²) in [5, 5.41) is 4.66. The van der Waals surface area contributed by atoms with E-state index >= 15 is 0 Å². The maximum atomic E-state index is 6.29. The largest absolute Gasteiger partial charge is 0.489 e. The highest BCUT2D eigenvalue weighted by Gasteiger charge is 2.14. The van der Waals surface area contributed by atoms with E-state index in [2.05, 4.69) is 5.16 Å². The molecule has 0 saturated carbocycles. The van der Waals surface area contributed by atoms with Gasteiger partial charge >= 0.3 is 0 Å². The quantitative estimate of drug-likeness (QED) is 0.160. The van der Waals surface area contributed by atoms with Gasteiger partial charge in [-0.05, 0) is 46.6 Å². The maximum absolute atomic E-state index is 6.29. The normalized spacial score (nSPS) is 12.7. The fourth-order valence-electron chi connectivity index (χ4n) is 2.15. The third-order valence-electron chi connectivity index (χ3n) is 3.47. The smallest absolute Gasteiger partial charge is 0.157 e. The molecule has 0 saturated heterocycles. The summed E-state index contributed by atoms with van der Waals surface area (Å²) in [6.07, 6.45) is 5.51. The predicted molar refractivity (Wildman–Crippen MR) is 126 cm³/mol. The van der Waals surface area contributed by atoms with E-state index in [1.165, 1.54) is 6.08 Å². The summed E-state index contributed by atoms with van der Waals surface area (Å²) in [5.41, 5.74) is -0.275. The van der Waals surface area contributed by atoms with Crippen molar-refractivity contribution in [3.63, 3.8) is 0 Å². The van der Waals surface area contributed by atoms with Crippen molar-refractivity contribution in [2.24, 2.45) is 5.16 Å². The Morgan fingerprint density at radius 3 is 2.40 bits per heavy atom. The predicted octanol–water partition coefficient (Wildman–Crippen LogP) is 7.45. The van der Waals surface area contributed by atoms with E-state index in [4.69, 9.17) is 65.5 Å².